The maximum absolute atomic E-state index is 13.6. The van der Waals surface area contributed by atoms with Gasteiger partial charge in [0.05, 0.1) is 5.69 Å². The van der Waals surface area contributed by atoms with Gasteiger partial charge >= 0.3 is 0 Å². The summed E-state index contributed by atoms with van der Waals surface area (Å²) in [5, 5.41) is 3.22. The molecule has 1 aromatic rings. The zero-order valence-corrected chi connectivity index (χ0v) is 11.3. The summed E-state index contributed by atoms with van der Waals surface area (Å²) < 4.78 is 26.4. The molecule has 3 heteroatoms. The minimum Gasteiger partial charge on any atom is -0.380 e. The van der Waals surface area contributed by atoms with Crippen LogP contribution < -0.4 is 5.32 Å². The van der Waals surface area contributed by atoms with E-state index in [4.69, 9.17) is 0 Å². The van der Waals surface area contributed by atoms with Gasteiger partial charge in [0.1, 0.15) is 11.6 Å². The molecule has 0 amide bonds. The highest BCUT2D eigenvalue weighted by molar-refractivity contribution is 5.45. The van der Waals surface area contributed by atoms with Crippen LogP contribution in [0.3, 0.4) is 0 Å². The Labute approximate surface area is 108 Å². The monoisotopic (exact) mass is 253 g/mol. The van der Waals surface area contributed by atoms with Crippen LogP contribution in [0.5, 0.6) is 0 Å². The molecule has 0 heterocycles. The molecule has 0 radical (unpaired) electrons. The molecular weight excluding hydrogens is 232 g/mol. The molecule has 0 saturated heterocycles. The molecule has 100 valence electrons. The van der Waals surface area contributed by atoms with Gasteiger partial charge in [0, 0.05) is 12.1 Å². The van der Waals surface area contributed by atoms with E-state index in [0.717, 1.165) is 18.9 Å². The third-order valence-electron chi connectivity index (χ3n) is 3.68. The van der Waals surface area contributed by atoms with E-state index in [1.807, 2.05) is 0 Å². The maximum Gasteiger partial charge on any atom is 0.149 e. The van der Waals surface area contributed by atoms with Crippen LogP contribution in [0.15, 0.2) is 18.2 Å². The molecule has 2 atom stereocenters. The number of hydrogen-bond acceptors (Lipinski definition) is 1. The summed E-state index contributed by atoms with van der Waals surface area (Å²) in [7, 11) is 0. The third-order valence-corrected chi connectivity index (χ3v) is 3.68. The predicted molar refractivity (Wildman–Crippen MR) is 70.6 cm³/mol. The fourth-order valence-electron chi connectivity index (χ4n) is 3.28. The SMILES string of the molecule is CC1CC(Nc2ccc(F)cc2F)CC(C)(C)C1. The Balaban J connectivity index is 2.09. The van der Waals surface area contributed by atoms with Crippen LogP contribution in [0, 0.1) is 23.0 Å². The van der Waals surface area contributed by atoms with Crippen molar-refractivity contribution in [2.75, 3.05) is 5.32 Å². The third kappa shape index (κ3) is 3.21. The first-order valence-corrected chi connectivity index (χ1v) is 6.57. The number of halogens is 2. The molecule has 1 aromatic carbocycles. The summed E-state index contributed by atoms with van der Waals surface area (Å²) in [5.74, 6) is -0.406. The van der Waals surface area contributed by atoms with Crippen LogP contribution in [0.4, 0.5) is 14.5 Å². The van der Waals surface area contributed by atoms with Gasteiger partial charge in [-0.15, -0.1) is 0 Å². The summed E-state index contributed by atoms with van der Waals surface area (Å²) >= 11 is 0. The highest BCUT2D eigenvalue weighted by Crippen LogP contribution is 2.39. The topological polar surface area (TPSA) is 12.0 Å². The second-order valence-electron chi connectivity index (χ2n) is 6.38. The van der Waals surface area contributed by atoms with Crippen molar-refractivity contribution in [3.05, 3.63) is 29.8 Å². The normalized spacial score (nSPS) is 26.9. The minimum atomic E-state index is -0.532. The van der Waals surface area contributed by atoms with Gasteiger partial charge in [-0.2, -0.15) is 0 Å². The molecule has 2 unspecified atom stereocenters. The van der Waals surface area contributed by atoms with Gasteiger partial charge in [-0.3, -0.25) is 0 Å². The van der Waals surface area contributed by atoms with Crippen LogP contribution in [0.1, 0.15) is 40.0 Å². The van der Waals surface area contributed by atoms with Gasteiger partial charge in [-0.05, 0) is 42.7 Å². The van der Waals surface area contributed by atoms with Crippen molar-refractivity contribution >= 4 is 5.69 Å². The summed E-state index contributed by atoms with van der Waals surface area (Å²) in [4.78, 5) is 0. The molecule has 1 saturated carbocycles. The van der Waals surface area contributed by atoms with E-state index in [-0.39, 0.29) is 11.5 Å². The molecule has 1 aliphatic rings. The Kier molecular flexibility index (Phi) is 3.60. The first-order chi connectivity index (χ1) is 8.35. The molecule has 1 nitrogen and oxygen atoms in total. The van der Waals surface area contributed by atoms with Crippen LogP contribution in [0.2, 0.25) is 0 Å². The molecule has 1 aliphatic carbocycles. The molecule has 1 fully saturated rings. The van der Waals surface area contributed by atoms with Gasteiger partial charge < -0.3 is 5.32 Å². The Morgan fingerprint density at radius 2 is 1.94 bits per heavy atom. The van der Waals surface area contributed by atoms with Gasteiger partial charge in [-0.1, -0.05) is 20.8 Å². The molecule has 18 heavy (non-hydrogen) atoms. The van der Waals surface area contributed by atoms with Gasteiger partial charge in [-0.25, -0.2) is 8.78 Å². The predicted octanol–water partition coefficient (Wildman–Crippen LogP) is 4.59. The van der Waals surface area contributed by atoms with E-state index >= 15 is 0 Å². The zero-order chi connectivity index (χ0) is 13.3. The largest absolute Gasteiger partial charge is 0.380 e. The zero-order valence-electron chi connectivity index (χ0n) is 11.3. The standard InChI is InChI=1S/C15H21F2N/c1-10-6-12(9-15(2,3)8-10)18-14-5-4-11(16)7-13(14)17/h4-5,7,10,12,18H,6,8-9H2,1-3H3. The van der Waals surface area contributed by atoms with Crippen LogP contribution >= 0.6 is 0 Å². The van der Waals surface area contributed by atoms with Gasteiger partial charge in [0.15, 0.2) is 0 Å². The average Bonchev–Trinajstić information content (AvgIpc) is 2.19. The Morgan fingerprint density at radius 3 is 2.56 bits per heavy atom. The second-order valence-corrected chi connectivity index (χ2v) is 6.38. The van der Waals surface area contributed by atoms with E-state index in [0.29, 0.717) is 11.6 Å². The number of hydrogen-bond donors (Lipinski definition) is 1. The first kappa shape index (κ1) is 13.3. The lowest BCUT2D eigenvalue weighted by Crippen LogP contribution is -2.35. The average molecular weight is 253 g/mol. The van der Waals surface area contributed by atoms with E-state index in [9.17, 15) is 8.78 Å². The van der Waals surface area contributed by atoms with Crippen LogP contribution in [0.25, 0.3) is 0 Å². The Hall–Kier alpha value is -1.12. The molecule has 2 rings (SSSR count). The van der Waals surface area contributed by atoms with Crippen LogP contribution in [-0.2, 0) is 0 Å². The summed E-state index contributed by atoms with van der Waals surface area (Å²) in [6, 6.07) is 3.98. The smallest absolute Gasteiger partial charge is 0.149 e. The quantitative estimate of drug-likeness (QED) is 0.812. The van der Waals surface area contributed by atoms with Crippen molar-refractivity contribution in [2.24, 2.45) is 11.3 Å². The van der Waals surface area contributed by atoms with E-state index in [2.05, 4.69) is 26.1 Å². The lowest BCUT2D eigenvalue weighted by Gasteiger charge is -2.39. The van der Waals surface area contributed by atoms with Crippen molar-refractivity contribution in [3.63, 3.8) is 0 Å². The van der Waals surface area contributed by atoms with E-state index in [1.165, 1.54) is 18.6 Å². The maximum atomic E-state index is 13.6. The van der Waals surface area contributed by atoms with E-state index in [1.54, 1.807) is 0 Å². The van der Waals surface area contributed by atoms with Gasteiger partial charge in [0.25, 0.3) is 0 Å². The lowest BCUT2D eigenvalue weighted by molar-refractivity contribution is 0.177. The number of benzene rings is 1. The fourth-order valence-corrected chi connectivity index (χ4v) is 3.28. The molecule has 0 aliphatic heterocycles. The Morgan fingerprint density at radius 1 is 1.22 bits per heavy atom. The lowest BCUT2D eigenvalue weighted by atomic mass is 9.70. The van der Waals surface area contributed by atoms with Crippen molar-refractivity contribution in [2.45, 2.75) is 46.1 Å². The highest BCUT2D eigenvalue weighted by atomic mass is 19.1. The number of anilines is 1. The Bertz CT molecular complexity index is 429. The van der Waals surface area contributed by atoms with E-state index < -0.39 is 11.6 Å². The van der Waals surface area contributed by atoms with Gasteiger partial charge in [0.2, 0.25) is 0 Å². The first-order valence-electron chi connectivity index (χ1n) is 6.57. The molecule has 0 bridgehead atoms. The minimum absolute atomic E-state index is 0.267. The number of nitrogens with one attached hydrogen (secondary N) is 1. The number of rotatable bonds is 2. The summed E-state index contributed by atoms with van der Waals surface area (Å²) in [6.45, 7) is 6.73. The molecular formula is C15H21F2N. The second kappa shape index (κ2) is 4.87. The van der Waals surface area contributed by atoms with Crippen molar-refractivity contribution in [1.29, 1.82) is 0 Å². The van der Waals surface area contributed by atoms with Crippen molar-refractivity contribution in [1.82, 2.24) is 0 Å². The van der Waals surface area contributed by atoms with Crippen molar-refractivity contribution < 1.29 is 8.78 Å². The van der Waals surface area contributed by atoms with Crippen molar-refractivity contribution in [3.8, 4) is 0 Å². The molecule has 0 aromatic heterocycles. The fraction of sp³-hybridized carbons (Fsp3) is 0.600. The molecule has 1 N–H and O–H groups in total. The summed E-state index contributed by atoms with van der Waals surface area (Å²) in [6.07, 6.45) is 3.27. The molecule has 0 spiro atoms. The van der Waals surface area contributed by atoms with Crippen LogP contribution in [-0.4, -0.2) is 6.04 Å². The highest BCUT2D eigenvalue weighted by Gasteiger charge is 2.32. The summed E-state index contributed by atoms with van der Waals surface area (Å²) in [5.41, 5.74) is 0.692.